The second-order valence-corrected chi connectivity index (χ2v) is 4.52. The molecule has 1 aromatic carbocycles. The van der Waals surface area contributed by atoms with Crippen molar-refractivity contribution in [2.45, 2.75) is 6.92 Å². The van der Waals surface area contributed by atoms with Crippen molar-refractivity contribution in [2.75, 3.05) is 0 Å². The molecule has 0 saturated carbocycles. The summed E-state index contributed by atoms with van der Waals surface area (Å²) in [6, 6.07) is 6.33. The smallest absolute Gasteiger partial charge is 0.270 e. The maximum absolute atomic E-state index is 13.6. The third-order valence-corrected chi connectivity index (χ3v) is 3.40. The number of nitrogens with zero attached hydrogens (tertiary/aromatic N) is 3. The van der Waals surface area contributed by atoms with Gasteiger partial charge >= 0.3 is 0 Å². The van der Waals surface area contributed by atoms with Crippen LogP contribution in [0.3, 0.4) is 0 Å². The number of aromatic nitrogens is 3. The first-order chi connectivity index (χ1) is 8.75. The first-order valence-electron chi connectivity index (χ1n) is 5.25. The first kappa shape index (κ1) is 11.0. The summed E-state index contributed by atoms with van der Waals surface area (Å²) in [7, 11) is 0. The standard InChI is InChI=1S/C12H8FN3OS/c1-7-10(18-6-14-7)12-15-11(16-17-12)8-4-2-3-5-9(8)13/h2-6H,1H3. The molecule has 6 heteroatoms. The Labute approximate surface area is 106 Å². The zero-order chi connectivity index (χ0) is 12.5. The van der Waals surface area contributed by atoms with Crippen molar-refractivity contribution in [2.24, 2.45) is 0 Å². The molecule has 0 spiro atoms. The van der Waals surface area contributed by atoms with Gasteiger partial charge in [0.15, 0.2) is 0 Å². The maximum atomic E-state index is 13.6. The Kier molecular flexibility index (Phi) is 2.64. The van der Waals surface area contributed by atoms with Gasteiger partial charge in [0.2, 0.25) is 5.82 Å². The third kappa shape index (κ3) is 1.80. The van der Waals surface area contributed by atoms with Crippen LogP contribution in [0.25, 0.3) is 22.2 Å². The van der Waals surface area contributed by atoms with Crippen LogP contribution < -0.4 is 0 Å². The molecule has 0 unspecified atom stereocenters. The van der Waals surface area contributed by atoms with E-state index in [0.717, 1.165) is 10.6 Å². The lowest BCUT2D eigenvalue weighted by molar-refractivity contribution is 0.432. The first-order valence-corrected chi connectivity index (χ1v) is 6.13. The Morgan fingerprint density at radius 3 is 2.83 bits per heavy atom. The van der Waals surface area contributed by atoms with Crippen molar-refractivity contribution in [3.63, 3.8) is 0 Å². The monoisotopic (exact) mass is 261 g/mol. The van der Waals surface area contributed by atoms with Crippen LogP contribution in [0.15, 0.2) is 34.3 Å². The topological polar surface area (TPSA) is 51.8 Å². The Morgan fingerprint density at radius 1 is 1.28 bits per heavy atom. The van der Waals surface area contributed by atoms with Gasteiger partial charge in [-0.2, -0.15) is 4.98 Å². The predicted molar refractivity (Wildman–Crippen MR) is 65.5 cm³/mol. The number of halogens is 1. The lowest BCUT2D eigenvalue weighted by atomic mass is 10.2. The summed E-state index contributed by atoms with van der Waals surface area (Å²) in [6.07, 6.45) is 0. The van der Waals surface area contributed by atoms with Gasteiger partial charge in [0.1, 0.15) is 10.7 Å². The van der Waals surface area contributed by atoms with E-state index in [1.54, 1.807) is 23.7 Å². The van der Waals surface area contributed by atoms with E-state index in [2.05, 4.69) is 15.1 Å². The molecule has 0 atom stereocenters. The van der Waals surface area contributed by atoms with E-state index in [1.807, 2.05) is 6.92 Å². The van der Waals surface area contributed by atoms with Crippen molar-refractivity contribution >= 4 is 11.3 Å². The van der Waals surface area contributed by atoms with Gasteiger partial charge in [-0.05, 0) is 19.1 Å². The average molecular weight is 261 g/mol. The van der Waals surface area contributed by atoms with Gasteiger partial charge in [-0.1, -0.05) is 17.3 Å². The summed E-state index contributed by atoms with van der Waals surface area (Å²) in [5.74, 6) is 0.245. The Balaban J connectivity index is 2.05. The normalized spacial score (nSPS) is 10.8. The lowest BCUT2D eigenvalue weighted by Crippen LogP contribution is -1.85. The summed E-state index contributed by atoms with van der Waals surface area (Å²) in [4.78, 5) is 9.12. The molecule has 4 nitrogen and oxygen atoms in total. The second kappa shape index (κ2) is 4.30. The molecule has 0 saturated heterocycles. The molecule has 3 rings (SSSR count). The zero-order valence-corrected chi connectivity index (χ0v) is 10.2. The predicted octanol–water partition coefficient (Wildman–Crippen LogP) is 3.31. The molecule has 0 aliphatic heterocycles. The van der Waals surface area contributed by atoms with E-state index < -0.39 is 0 Å². The molecule has 18 heavy (non-hydrogen) atoms. The van der Waals surface area contributed by atoms with Crippen LogP contribution in [0.2, 0.25) is 0 Å². The van der Waals surface area contributed by atoms with E-state index in [0.29, 0.717) is 11.5 Å². The molecular weight excluding hydrogens is 253 g/mol. The highest BCUT2D eigenvalue weighted by molar-refractivity contribution is 7.13. The summed E-state index contributed by atoms with van der Waals surface area (Å²) in [6.45, 7) is 1.86. The van der Waals surface area contributed by atoms with E-state index in [9.17, 15) is 4.39 Å². The fourth-order valence-corrected chi connectivity index (χ4v) is 2.30. The minimum Gasteiger partial charge on any atom is -0.333 e. The quantitative estimate of drug-likeness (QED) is 0.710. The summed E-state index contributed by atoms with van der Waals surface area (Å²) < 4.78 is 18.7. The van der Waals surface area contributed by atoms with Crippen LogP contribution in [0, 0.1) is 12.7 Å². The van der Waals surface area contributed by atoms with Gasteiger partial charge in [0.25, 0.3) is 5.89 Å². The highest BCUT2D eigenvalue weighted by Gasteiger charge is 2.16. The number of aryl methyl sites for hydroxylation is 1. The molecular formula is C12H8FN3OS. The molecule has 0 radical (unpaired) electrons. The largest absolute Gasteiger partial charge is 0.333 e. The van der Waals surface area contributed by atoms with Crippen molar-refractivity contribution < 1.29 is 8.91 Å². The second-order valence-electron chi connectivity index (χ2n) is 3.67. The van der Waals surface area contributed by atoms with Crippen LogP contribution in [-0.4, -0.2) is 15.1 Å². The molecule has 2 heterocycles. The fourth-order valence-electron chi connectivity index (χ4n) is 1.57. The van der Waals surface area contributed by atoms with E-state index >= 15 is 0 Å². The van der Waals surface area contributed by atoms with Crippen LogP contribution in [0.4, 0.5) is 4.39 Å². The number of hydrogen-bond donors (Lipinski definition) is 0. The highest BCUT2D eigenvalue weighted by atomic mass is 32.1. The minimum absolute atomic E-state index is 0.246. The zero-order valence-electron chi connectivity index (χ0n) is 9.42. The molecule has 0 amide bonds. The fraction of sp³-hybridized carbons (Fsp3) is 0.0833. The van der Waals surface area contributed by atoms with Gasteiger partial charge in [0, 0.05) is 0 Å². The Morgan fingerprint density at radius 2 is 2.11 bits per heavy atom. The number of thiazole rings is 1. The number of hydrogen-bond acceptors (Lipinski definition) is 5. The summed E-state index contributed by atoms with van der Waals surface area (Å²) in [5, 5.41) is 3.80. The molecule has 0 fully saturated rings. The molecule has 90 valence electrons. The number of rotatable bonds is 2. The van der Waals surface area contributed by atoms with E-state index in [1.165, 1.54) is 17.4 Å². The molecule has 0 aliphatic carbocycles. The van der Waals surface area contributed by atoms with E-state index in [-0.39, 0.29) is 11.6 Å². The van der Waals surface area contributed by atoms with Crippen molar-refractivity contribution in [3.05, 3.63) is 41.3 Å². The van der Waals surface area contributed by atoms with Crippen molar-refractivity contribution in [1.29, 1.82) is 0 Å². The van der Waals surface area contributed by atoms with Gasteiger partial charge < -0.3 is 4.52 Å². The van der Waals surface area contributed by atoms with Crippen molar-refractivity contribution in [3.8, 4) is 22.2 Å². The minimum atomic E-state index is -0.370. The lowest BCUT2D eigenvalue weighted by Gasteiger charge is -1.94. The van der Waals surface area contributed by atoms with Gasteiger partial charge in [-0.25, -0.2) is 9.37 Å². The average Bonchev–Trinajstić information content (AvgIpc) is 2.98. The van der Waals surface area contributed by atoms with Crippen LogP contribution in [0.1, 0.15) is 5.69 Å². The van der Waals surface area contributed by atoms with Gasteiger partial charge in [-0.15, -0.1) is 11.3 Å². The summed E-state index contributed by atoms with van der Waals surface area (Å²) >= 11 is 1.41. The number of benzene rings is 1. The molecule has 3 aromatic rings. The Hall–Kier alpha value is -2.08. The highest BCUT2D eigenvalue weighted by Crippen LogP contribution is 2.28. The van der Waals surface area contributed by atoms with E-state index in [4.69, 9.17) is 4.52 Å². The van der Waals surface area contributed by atoms with Crippen LogP contribution in [0.5, 0.6) is 0 Å². The van der Waals surface area contributed by atoms with Gasteiger partial charge in [-0.3, -0.25) is 0 Å². The van der Waals surface area contributed by atoms with Gasteiger partial charge in [0.05, 0.1) is 16.8 Å². The Bertz CT molecular complexity index is 692. The van der Waals surface area contributed by atoms with Crippen LogP contribution >= 0.6 is 11.3 Å². The SMILES string of the molecule is Cc1ncsc1-c1nc(-c2ccccc2F)no1. The van der Waals surface area contributed by atoms with Crippen molar-refractivity contribution in [1.82, 2.24) is 15.1 Å². The molecule has 0 aliphatic rings. The van der Waals surface area contributed by atoms with Crippen LogP contribution in [-0.2, 0) is 0 Å². The summed E-state index contributed by atoms with van der Waals surface area (Å²) in [5.41, 5.74) is 2.86. The third-order valence-electron chi connectivity index (χ3n) is 2.48. The molecule has 0 bridgehead atoms. The molecule has 2 aromatic heterocycles. The maximum Gasteiger partial charge on any atom is 0.270 e. The molecule has 0 N–H and O–H groups in total.